The van der Waals surface area contributed by atoms with Crippen LogP contribution in [0.3, 0.4) is 0 Å². The van der Waals surface area contributed by atoms with Gasteiger partial charge in [0.2, 0.25) is 0 Å². The third-order valence-corrected chi connectivity index (χ3v) is 4.81. The van der Waals surface area contributed by atoms with Gasteiger partial charge < -0.3 is 4.90 Å². The summed E-state index contributed by atoms with van der Waals surface area (Å²) in [6.07, 6.45) is 5.62. The molecule has 0 bridgehead atoms. The van der Waals surface area contributed by atoms with Gasteiger partial charge in [-0.15, -0.1) is 0 Å². The van der Waals surface area contributed by atoms with Gasteiger partial charge >= 0.3 is 0 Å². The van der Waals surface area contributed by atoms with E-state index < -0.39 is 0 Å². The first-order valence-electron chi connectivity index (χ1n) is 8.68. The van der Waals surface area contributed by atoms with Crippen LogP contribution in [-0.2, 0) is 13.0 Å². The number of hydrogen-bond donors (Lipinski definition) is 0. The molecule has 1 fully saturated rings. The molecule has 0 aliphatic carbocycles. The molecule has 0 spiro atoms. The van der Waals surface area contributed by atoms with E-state index in [0.717, 1.165) is 26.1 Å². The van der Waals surface area contributed by atoms with Crippen LogP contribution < -0.4 is 0 Å². The lowest BCUT2D eigenvalue weighted by Gasteiger charge is -2.37. The van der Waals surface area contributed by atoms with E-state index in [2.05, 4.69) is 64.3 Å². The van der Waals surface area contributed by atoms with E-state index in [0.29, 0.717) is 6.04 Å². The Morgan fingerprint density at radius 3 is 2.74 bits per heavy atom. The number of likely N-dealkylation sites (N-methyl/N-ethyl adjacent to an activating group) is 1. The van der Waals surface area contributed by atoms with Gasteiger partial charge in [0.05, 0.1) is 5.69 Å². The summed E-state index contributed by atoms with van der Waals surface area (Å²) in [4.78, 5) is 9.55. The van der Waals surface area contributed by atoms with Gasteiger partial charge in [-0.25, -0.2) is 0 Å². The first-order chi connectivity index (χ1) is 11.3. The van der Waals surface area contributed by atoms with Gasteiger partial charge in [0.1, 0.15) is 0 Å². The molecule has 3 rings (SSSR count). The second-order valence-electron chi connectivity index (χ2n) is 6.57. The Balaban J connectivity index is 1.49. The summed E-state index contributed by atoms with van der Waals surface area (Å²) in [5.74, 6) is 0. The Morgan fingerprint density at radius 2 is 1.96 bits per heavy atom. The molecule has 1 saturated heterocycles. The van der Waals surface area contributed by atoms with Crippen molar-refractivity contribution in [2.24, 2.45) is 0 Å². The minimum atomic E-state index is 0.663. The van der Waals surface area contributed by atoms with Crippen LogP contribution in [0.15, 0.2) is 54.7 Å². The predicted octanol–water partition coefficient (Wildman–Crippen LogP) is 3.22. The third kappa shape index (κ3) is 4.88. The number of likely N-dealkylation sites (tertiary alicyclic amines) is 1. The Morgan fingerprint density at radius 1 is 1.13 bits per heavy atom. The normalized spacial score (nSPS) is 19.1. The average Bonchev–Trinajstić information content (AvgIpc) is 2.62. The van der Waals surface area contributed by atoms with Crippen LogP contribution in [0.5, 0.6) is 0 Å². The Hall–Kier alpha value is -1.71. The number of piperidine rings is 1. The SMILES string of the molecule is CN(CCc1ccccc1)C1CCCN(Cc2ccccn2)C1. The first-order valence-corrected chi connectivity index (χ1v) is 8.68. The average molecular weight is 309 g/mol. The summed E-state index contributed by atoms with van der Waals surface area (Å²) >= 11 is 0. The topological polar surface area (TPSA) is 19.4 Å². The third-order valence-electron chi connectivity index (χ3n) is 4.81. The standard InChI is InChI=1S/C20H27N3/c1-22(15-12-18-8-3-2-4-9-18)20-11-7-14-23(17-20)16-19-10-5-6-13-21-19/h2-6,8-10,13,20H,7,11-12,14-17H2,1H3. The highest BCUT2D eigenvalue weighted by molar-refractivity contribution is 5.14. The van der Waals surface area contributed by atoms with E-state index in [9.17, 15) is 0 Å². The molecule has 1 aromatic carbocycles. The number of pyridine rings is 1. The van der Waals surface area contributed by atoms with E-state index in [1.165, 1.54) is 30.6 Å². The first kappa shape index (κ1) is 16.2. The van der Waals surface area contributed by atoms with Crippen LogP contribution in [0, 0.1) is 0 Å². The zero-order chi connectivity index (χ0) is 15.9. The molecule has 1 aromatic heterocycles. The van der Waals surface area contributed by atoms with Gasteiger partial charge in [-0.1, -0.05) is 36.4 Å². The van der Waals surface area contributed by atoms with Crippen LogP contribution in [0.1, 0.15) is 24.1 Å². The molecule has 0 amide bonds. The molecular weight excluding hydrogens is 282 g/mol. The molecule has 2 heterocycles. The van der Waals surface area contributed by atoms with Gasteiger partial charge in [0, 0.05) is 31.9 Å². The van der Waals surface area contributed by atoms with Crippen LogP contribution >= 0.6 is 0 Å². The molecule has 1 unspecified atom stereocenters. The molecule has 0 N–H and O–H groups in total. The van der Waals surface area contributed by atoms with E-state index in [-0.39, 0.29) is 0 Å². The van der Waals surface area contributed by atoms with E-state index in [1.54, 1.807) is 0 Å². The van der Waals surface area contributed by atoms with E-state index in [1.807, 2.05) is 12.3 Å². The Labute approximate surface area is 140 Å². The molecule has 0 radical (unpaired) electrons. The van der Waals surface area contributed by atoms with Crippen LogP contribution in [0.2, 0.25) is 0 Å². The van der Waals surface area contributed by atoms with Crippen molar-refractivity contribution in [1.29, 1.82) is 0 Å². The number of nitrogens with zero attached hydrogens (tertiary/aromatic N) is 3. The highest BCUT2D eigenvalue weighted by Crippen LogP contribution is 2.17. The summed E-state index contributed by atoms with van der Waals surface area (Å²) in [5, 5.41) is 0. The van der Waals surface area contributed by atoms with Crippen molar-refractivity contribution in [1.82, 2.24) is 14.8 Å². The van der Waals surface area contributed by atoms with Crippen molar-refractivity contribution >= 4 is 0 Å². The molecule has 3 nitrogen and oxygen atoms in total. The van der Waals surface area contributed by atoms with Crippen molar-refractivity contribution in [3.63, 3.8) is 0 Å². The van der Waals surface area contributed by atoms with Gasteiger partial charge in [0.25, 0.3) is 0 Å². The minimum Gasteiger partial charge on any atom is -0.302 e. The second-order valence-corrected chi connectivity index (χ2v) is 6.57. The fraction of sp³-hybridized carbons (Fsp3) is 0.450. The Kier molecular flexibility index (Phi) is 5.78. The maximum absolute atomic E-state index is 4.46. The molecule has 0 saturated carbocycles. The van der Waals surface area contributed by atoms with Gasteiger partial charge in [0.15, 0.2) is 0 Å². The number of hydrogen-bond acceptors (Lipinski definition) is 3. The largest absolute Gasteiger partial charge is 0.302 e. The van der Waals surface area contributed by atoms with Crippen LogP contribution in [0.4, 0.5) is 0 Å². The summed E-state index contributed by atoms with van der Waals surface area (Å²) in [5.41, 5.74) is 2.61. The minimum absolute atomic E-state index is 0.663. The molecular formula is C20H27N3. The maximum Gasteiger partial charge on any atom is 0.0543 e. The summed E-state index contributed by atoms with van der Waals surface area (Å²) < 4.78 is 0. The maximum atomic E-state index is 4.46. The molecule has 2 aromatic rings. The number of aromatic nitrogens is 1. The van der Waals surface area contributed by atoms with Crippen molar-refractivity contribution in [3.05, 3.63) is 66.0 Å². The fourth-order valence-corrected chi connectivity index (χ4v) is 3.39. The number of benzene rings is 1. The smallest absolute Gasteiger partial charge is 0.0543 e. The lowest BCUT2D eigenvalue weighted by atomic mass is 10.0. The van der Waals surface area contributed by atoms with Crippen LogP contribution in [-0.4, -0.2) is 47.5 Å². The van der Waals surface area contributed by atoms with E-state index >= 15 is 0 Å². The molecule has 3 heteroatoms. The molecule has 1 aliphatic rings. The lowest BCUT2D eigenvalue weighted by Crippen LogP contribution is -2.46. The predicted molar refractivity (Wildman–Crippen MR) is 95.3 cm³/mol. The lowest BCUT2D eigenvalue weighted by molar-refractivity contribution is 0.111. The highest BCUT2D eigenvalue weighted by Gasteiger charge is 2.23. The molecule has 1 aliphatic heterocycles. The zero-order valence-corrected chi connectivity index (χ0v) is 14.1. The summed E-state index contributed by atoms with van der Waals surface area (Å²) in [7, 11) is 2.28. The number of rotatable bonds is 6. The summed E-state index contributed by atoms with van der Waals surface area (Å²) in [6.45, 7) is 4.46. The van der Waals surface area contributed by atoms with Crippen molar-refractivity contribution in [3.8, 4) is 0 Å². The van der Waals surface area contributed by atoms with Crippen LogP contribution in [0.25, 0.3) is 0 Å². The van der Waals surface area contributed by atoms with Gasteiger partial charge in [-0.3, -0.25) is 9.88 Å². The van der Waals surface area contributed by atoms with Crippen molar-refractivity contribution in [2.75, 3.05) is 26.7 Å². The highest BCUT2D eigenvalue weighted by atomic mass is 15.2. The monoisotopic (exact) mass is 309 g/mol. The molecule has 122 valence electrons. The van der Waals surface area contributed by atoms with Gasteiger partial charge in [-0.2, -0.15) is 0 Å². The quantitative estimate of drug-likeness (QED) is 0.817. The van der Waals surface area contributed by atoms with Gasteiger partial charge in [-0.05, 0) is 50.6 Å². The van der Waals surface area contributed by atoms with Crippen molar-refractivity contribution in [2.45, 2.75) is 31.8 Å². The summed E-state index contributed by atoms with van der Waals surface area (Å²) in [6, 6.07) is 17.7. The molecule has 1 atom stereocenters. The molecule has 23 heavy (non-hydrogen) atoms. The van der Waals surface area contributed by atoms with E-state index in [4.69, 9.17) is 0 Å². The Bertz CT molecular complexity index is 570. The fourth-order valence-electron chi connectivity index (χ4n) is 3.39. The second kappa shape index (κ2) is 8.23. The van der Waals surface area contributed by atoms with Crippen molar-refractivity contribution < 1.29 is 0 Å². The zero-order valence-electron chi connectivity index (χ0n) is 14.1.